The molecule has 0 unspecified atom stereocenters. The Hall–Kier alpha value is -1.82. The number of Topliss-reactive ketones (excluding diaryl/α,β-unsaturated/α-hetero) is 1. The van der Waals surface area contributed by atoms with Gasteiger partial charge in [0.2, 0.25) is 5.91 Å². The van der Waals surface area contributed by atoms with Gasteiger partial charge in [-0.25, -0.2) is 0 Å². The van der Waals surface area contributed by atoms with Gasteiger partial charge in [0.05, 0.1) is 11.7 Å². The predicted molar refractivity (Wildman–Crippen MR) is 67.4 cm³/mol. The van der Waals surface area contributed by atoms with Crippen molar-refractivity contribution in [3.8, 4) is 0 Å². The first-order chi connectivity index (χ1) is 8.49. The largest absolute Gasteiger partial charge is 0.549 e. The SMILES string of the molecule is CC(=O)c1ccc(NC(=O)CSCC(=O)[O-])cc1. The molecule has 1 rings (SSSR count). The third-order valence-electron chi connectivity index (χ3n) is 2.03. The van der Waals surface area contributed by atoms with Crippen LogP contribution in [-0.4, -0.2) is 29.2 Å². The summed E-state index contributed by atoms with van der Waals surface area (Å²) in [5, 5.41) is 12.7. The van der Waals surface area contributed by atoms with Crippen molar-refractivity contribution in [2.45, 2.75) is 6.92 Å². The number of carboxylic acid groups (broad SMARTS) is 1. The number of hydrogen-bond acceptors (Lipinski definition) is 5. The molecule has 0 bridgehead atoms. The van der Waals surface area contributed by atoms with E-state index in [1.807, 2.05) is 0 Å². The van der Waals surface area contributed by atoms with Crippen LogP contribution >= 0.6 is 11.8 Å². The molecule has 0 aliphatic rings. The number of hydrogen-bond donors (Lipinski definition) is 1. The van der Waals surface area contributed by atoms with E-state index in [1.165, 1.54) is 6.92 Å². The third-order valence-corrected chi connectivity index (χ3v) is 2.93. The summed E-state index contributed by atoms with van der Waals surface area (Å²) >= 11 is 0.969. The van der Waals surface area contributed by atoms with Crippen molar-refractivity contribution in [3.63, 3.8) is 0 Å². The molecule has 6 heteroatoms. The number of thioether (sulfide) groups is 1. The molecule has 0 saturated carbocycles. The molecule has 0 radical (unpaired) electrons. The maximum atomic E-state index is 11.4. The molecule has 1 aromatic carbocycles. The van der Waals surface area contributed by atoms with Gasteiger partial charge in [0.1, 0.15) is 0 Å². The van der Waals surface area contributed by atoms with E-state index in [4.69, 9.17) is 0 Å². The van der Waals surface area contributed by atoms with E-state index in [0.29, 0.717) is 11.3 Å². The molecule has 0 aliphatic carbocycles. The lowest BCUT2D eigenvalue weighted by Gasteiger charge is -2.06. The molecule has 0 fully saturated rings. The van der Waals surface area contributed by atoms with Crippen LogP contribution in [0.1, 0.15) is 17.3 Å². The number of benzene rings is 1. The molecule has 0 atom stereocenters. The maximum Gasteiger partial charge on any atom is 0.234 e. The number of rotatable bonds is 6. The zero-order valence-electron chi connectivity index (χ0n) is 9.76. The van der Waals surface area contributed by atoms with Crippen molar-refractivity contribution >= 4 is 35.1 Å². The van der Waals surface area contributed by atoms with Crippen LogP contribution in [0.2, 0.25) is 0 Å². The lowest BCUT2D eigenvalue weighted by Crippen LogP contribution is -2.25. The molecular weight excluding hydrogens is 254 g/mol. The van der Waals surface area contributed by atoms with Crippen molar-refractivity contribution in [2.75, 3.05) is 16.8 Å². The second-order valence-electron chi connectivity index (χ2n) is 3.55. The molecule has 1 aromatic rings. The topological polar surface area (TPSA) is 86.3 Å². The second kappa shape index (κ2) is 6.80. The van der Waals surface area contributed by atoms with Gasteiger partial charge in [0.15, 0.2) is 5.78 Å². The van der Waals surface area contributed by atoms with Gasteiger partial charge in [-0.3, -0.25) is 9.59 Å². The van der Waals surface area contributed by atoms with E-state index >= 15 is 0 Å². The Kier molecular flexibility index (Phi) is 5.38. The minimum absolute atomic E-state index is 0.0441. The fourth-order valence-corrected chi connectivity index (χ4v) is 1.74. The number of anilines is 1. The number of nitrogens with one attached hydrogen (secondary N) is 1. The van der Waals surface area contributed by atoms with Gasteiger partial charge in [0, 0.05) is 17.0 Å². The predicted octanol–water partition coefficient (Wildman–Crippen LogP) is 0.311. The van der Waals surface area contributed by atoms with E-state index in [-0.39, 0.29) is 23.2 Å². The van der Waals surface area contributed by atoms with Crippen LogP contribution in [0.4, 0.5) is 5.69 Å². The lowest BCUT2D eigenvalue weighted by molar-refractivity contribution is -0.301. The number of carbonyl (C=O) groups excluding carboxylic acids is 3. The van der Waals surface area contributed by atoms with Crippen molar-refractivity contribution in [2.24, 2.45) is 0 Å². The summed E-state index contributed by atoms with van der Waals surface area (Å²) in [6, 6.07) is 6.48. The Labute approximate surface area is 109 Å². The average Bonchev–Trinajstić information content (AvgIpc) is 2.29. The first-order valence-electron chi connectivity index (χ1n) is 5.17. The van der Waals surface area contributed by atoms with Crippen LogP contribution in [0.3, 0.4) is 0 Å². The summed E-state index contributed by atoms with van der Waals surface area (Å²) in [5.74, 6) is -1.70. The van der Waals surface area contributed by atoms with E-state index in [9.17, 15) is 19.5 Å². The zero-order chi connectivity index (χ0) is 13.5. The number of aliphatic carboxylic acids is 1. The number of amides is 1. The van der Waals surface area contributed by atoms with Crippen LogP contribution in [-0.2, 0) is 9.59 Å². The minimum Gasteiger partial charge on any atom is -0.549 e. The van der Waals surface area contributed by atoms with Crippen LogP contribution < -0.4 is 10.4 Å². The average molecular weight is 266 g/mol. The Balaban J connectivity index is 2.44. The normalized spacial score (nSPS) is 9.83. The molecule has 1 N–H and O–H groups in total. The van der Waals surface area contributed by atoms with E-state index in [1.54, 1.807) is 24.3 Å². The number of carbonyl (C=O) groups is 3. The van der Waals surface area contributed by atoms with Crippen LogP contribution in [0.15, 0.2) is 24.3 Å². The molecule has 18 heavy (non-hydrogen) atoms. The molecule has 0 spiro atoms. The fourth-order valence-electron chi connectivity index (χ4n) is 1.21. The Morgan fingerprint density at radius 1 is 1.17 bits per heavy atom. The molecule has 0 aliphatic heterocycles. The van der Waals surface area contributed by atoms with Gasteiger partial charge in [-0.1, -0.05) is 0 Å². The van der Waals surface area contributed by atoms with Crippen LogP contribution in [0.25, 0.3) is 0 Å². The first-order valence-corrected chi connectivity index (χ1v) is 6.33. The third kappa shape index (κ3) is 5.01. The van der Waals surface area contributed by atoms with E-state index in [0.717, 1.165) is 11.8 Å². The zero-order valence-corrected chi connectivity index (χ0v) is 10.6. The summed E-state index contributed by atoms with van der Waals surface area (Å²) in [7, 11) is 0. The highest BCUT2D eigenvalue weighted by molar-refractivity contribution is 8.00. The summed E-state index contributed by atoms with van der Waals surface area (Å²) in [5.41, 5.74) is 1.14. The molecule has 0 aromatic heterocycles. The Morgan fingerprint density at radius 2 is 1.78 bits per heavy atom. The molecule has 5 nitrogen and oxygen atoms in total. The van der Waals surface area contributed by atoms with Gasteiger partial charge < -0.3 is 15.2 Å². The highest BCUT2D eigenvalue weighted by Gasteiger charge is 2.03. The van der Waals surface area contributed by atoms with Crippen molar-refractivity contribution in [1.29, 1.82) is 0 Å². The fraction of sp³-hybridized carbons (Fsp3) is 0.250. The first kappa shape index (κ1) is 14.2. The van der Waals surface area contributed by atoms with Gasteiger partial charge in [0.25, 0.3) is 0 Å². The minimum atomic E-state index is -1.20. The highest BCUT2D eigenvalue weighted by atomic mass is 32.2. The molecule has 0 saturated heterocycles. The molecular formula is C12H12NO4S-. The summed E-state index contributed by atoms with van der Waals surface area (Å²) in [6.45, 7) is 1.46. The van der Waals surface area contributed by atoms with Crippen LogP contribution in [0.5, 0.6) is 0 Å². The monoisotopic (exact) mass is 266 g/mol. The van der Waals surface area contributed by atoms with Crippen molar-refractivity contribution in [1.82, 2.24) is 0 Å². The number of carboxylic acids is 1. The molecule has 1 amide bonds. The van der Waals surface area contributed by atoms with Gasteiger partial charge in [-0.15, -0.1) is 11.8 Å². The van der Waals surface area contributed by atoms with E-state index in [2.05, 4.69) is 5.32 Å². The summed E-state index contributed by atoms with van der Waals surface area (Å²) < 4.78 is 0. The summed E-state index contributed by atoms with van der Waals surface area (Å²) in [6.07, 6.45) is 0. The van der Waals surface area contributed by atoms with Crippen LogP contribution in [0, 0.1) is 0 Å². The van der Waals surface area contributed by atoms with Gasteiger partial charge >= 0.3 is 0 Å². The smallest absolute Gasteiger partial charge is 0.234 e. The number of ketones is 1. The van der Waals surface area contributed by atoms with Crippen molar-refractivity contribution < 1.29 is 19.5 Å². The standard InChI is InChI=1S/C12H13NO4S/c1-8(14)9-2-4-10(5-3-9)13-11(15)6-18-7-12(16)17/h2-5H,6-7H2,1H3,(H,13,15)(H,16,17)/p-1. The molecule has 0 heterocycles. The highest BCUT2D eigenvalue weighted by Crippen LogP contribution is 2.10. The Morgan fingerprint density at radius 3 is 2.28 bits per heavy atom. The summed E-state index contributed by atoms with van der Waals surface area (Å²) in [4.78, 5) is 32.6. The van der Waals surface area contributed by atoms with E-state index < -0.39 is 5.97 Å². The van der Waals surface area contributed by atoms with Gasteiger partial charge in [-0.05, 0) is 31.2 Å². The Bertz CT molecular complexity index is 456. The lowest BCUT2D eigenvalue weighted by atomic mass is 10.1. The maximum absolute atomic E-state index is 11.4. The second-order valence-corrected chi connectivity index (χ2v) is 4.53. The molecule has 96 valence electrons. The van der Waals surface area contributed by atoms with Crippen molar-refractivity contribution in [3.05, 3.63) is 29.8 Å². The van der Waals surface area contributed by atoms with Gasteiger partial charge in [-0.2, -0.15) is 0 Å². The quantitative estimate of drug-likeness (QED) is 0.749.